The molecule has 5 rings (SSSR count). The smallest absolute Gasteiger partial charge is 0.257 e. The van der Waals surface area contributed by atoms with Crippen LogP contribution in [-0.2, 0) is 6.54 Å². The number of nitrogens with zero attached hydrogens (tertiary/aromatic N) is 5. The fourth-order valence-corrected chi connectivity index (χ4v) is 4.74. The topological polar surface area (TPSA) is 63.5 Å². The molecular weight excluding hydrogens is 434 g/mol. The van der Waals surface area contributed by atoms with E-state index in [1.165, 1.54) is 0 Å². The summed E-state index contributed by atoms with van der Waals surface area (Å²) in [5.74, 6) is 0.877. The molecule has 33 heavy (non-hydrogen) atoms. The van der Waals surface area contributed by atoms with Crippen molar-refractivity contribution in [1.82, 2.24) is 24.6 Å². The molecule has 3 heterocycles. The number of piperazine rings is 1. The van der Waals surface area contributed by atoms with Gasteiger partial charge < -0.3 is 9.64 Å². The van der Waals surface area contributed by atoms with E-state index in [-0.39, 0.29) is 5.91 Å². The maximum Gasteiger partial charge on any atom is 0.257 e. The van der Waals surface area contributed by atoms with Crippen LogP contribution in [0.15, 0.2) is 72.4 Å². The van der Waals surface area contributed by atoms with Crippen molar-refractivity contribution < 1.29 is 9.53 Å². The van der Waals surface area contributed by atoms with E-state index < -0.39 is 0 Å². The van der Waals surface area contributed by atoms with Crippen molar-refractivity contribution >= 4 is 17.2 Å². The highest BCUT2D eigenvalue weighted by Crippen LogP contribution is 2.26. The van der Waals surface area contributed by atoms with Gasteiger partial charge in [0.15, 0.2) is 0 Å². The molecular formula is C25H25N5O2S. The molecule has 0 saturated carbocycles. The Balaban J connectivity index is 1.16. The van der Waals surface area contributed by atoms with Crippen molar-refractivity contribution in [2.45, 2.75) is 6.54 Å². The molecule has 0 radical (unpaired) electrons. The number of methoxy groups -OCH3 is 1. The maximum absolute atomic E-state index is 12.9. The highest BCUT2D eigenvalue weighted by atomic mass is 32.1. The minimum atomic E-state index is 0.0345. The Morgan fingerprint density at radius 3 is 2.52 bits per heavy atom. The van der Waals surface area contributed by atoms with E-state index in [1.54, 1.807) is 35.5 Å². The minimum Gasteiger partial charge on any atom is -0.497 e. The van der Waals surface area contributed by atoms with Gasteiger partial charge in [-0.15, -0.1) is 11.3 Å². The summed E-state index contributed by atoms with van der Waals surface area (Å²) in [7, 11) is 1.67. The average molecular weight is 460 g/mol. The monoisotopic (exact) mass is 459 g/mol. The van der Waals surface area contributed by atoms with Gasteiger partial charge in [-0.1, -0.05) is 18.2 Å². The van der Waals surface area contributed by atoms with E-state index in [2.05, 4.69) is 15.4 Å². The summed E-state index contributed by atoms with van der Waals surface area (Å²) in [6.45, 7) is 3.85. The summed E-state index contributed by atoms with van der Waals surface area (Å²) in [5, 5.41) is 7.49. The van der Waals surface area contributed by atoms with E-state index in [9.17, 15) is 4.79 Å². The summed E-state index contributed by atoms with van der Waals surface area (Å²) in [6.07, 6.45) is 3.46. The molecule has 8 heteroatoms. The number of thiazole rings is 1. The zero-order valence-electron chi connectivity index (χ0n) is 18.4. The van der Waals surface area contributed by atoms with Gasteiger partial charge in [-0.2, -0.15) is 5.10 Å². The van der Waals surface area contributed by atoms with Gasteiger partial charge >= 0.3 is 0 Å². The van der Waals surface area contributed by atoms with E-state index in [0.717, 1.165) is 47.3 Å². The van der Waals surface area contributed by atoms with Crippen LogP contribution in [0.2, 0.25) is 0 Å². The molecule has 7 nitrogen and oxygen atoms in total. The van der Waals surface area contributed by atoms with Crippen LogP contribution >= 0.6 is 11.3 Å². The Hall–Kier alpha value is -3.49. The largest absolute Gasteiger partial charge is 0.497 e. The Bertz CT molecular complexity index is 1210. The molecule has 1 fully saturated rings. The summed E-state index contributed by atoms with van der Waals surface area (Å²) < 4.78 is 6.97. The summed E-state index contributed by atoms with van der Waals surface area (Å²) >= 11 is 1.66. The van der Waals surface area contributed by atoms with Crippen molar-refractivity contribution in [3.8, 4) is 22.0 Å². The molecule has 0 N–H and O–H groups in total. The predicted octanol–water partition coefficient (Wildman–Crippen LogP) is 3.96. The van der Waals surface area contributed by atoms with Crippen LogP contribution in [0.5, 0.6) is 5.75 Å². The van der Waals surface area contributed by atoms with Crippen LogP contribution in [0.25, 0.3) is 16.3 Å². The fourth-order valence-electron chi connectivity index (χ4n) is 3.92. The number of ether oxygens (including phenoxy) is 1. The van der Waals surface area contributed by atoms with Gasteiger partial charge in [0.25, 0.3) is 5.91 Å². The first-order valence-electron chi connectivity index (χ1n) is 10.9. The Morgan fingerprint density at radius 1 is 1.03 bits per heavy atom. The molecule has 0 spiro atoms. The second-order valence-corrected chi connectivity index (χ2v) is 8.81. The first-order valence-corrected chi connectivity index (χ1v) is 11.8. The molecule has 4 aromatic rings. The lowest BCUT2D eigenvalue weighted by Crippen LogP contribution is -2.48. The zero-order valence-corrected chi connectivity index (χ0v) is 19.2. The first-order chi connectivity index (χ1) is 16.2. The van der Waals surface area contributed by atoms with Crippen LogP contribution in [-0.4, -0.2) is 63.8 Å². The third kappa shape index (κ3) is 4.81. The van der Waals surface area contributed by atoms with Gasteiger partial charge in [-0.05, 0) is 36.4 Å². The van der Waals surface area contributed by atoms with Gasteiger partial charge in [-0.3, -0.25) is 9.69 Å². The van der Waals surface area contributed by atoms with Gasteiger partial charge in [0.05, 0.1) is 30.3 Å². The molecule has 2 aromatic heterocycles. The molecule has 168 valence electrons. The molecule has 0 aliphatic carbocycles. The van der Waals surface area contributed by atoms with Gasteiger partial charge in [0.2, 0.25) is 0 Å². The van der Waals surface area contributed by atoms with Crippen molar-refractivity contribution in [3.63, 3.8) is 0 Å². The van der Waals surface area contributed by atoms with Crippen LogP contribution < -0.4 is 4.74 Å². The molecule has 2 aromatic carbocycles. The van der Waals surface area contributed by atoms with Crippen LogP contribution in [0.3, 0.4) is 0 Å². The second-order valence-electron chi connectivity index (χ2n) is 7.95. The lowest BCUT2D eigenvalue weighted by molar-refractivity contribution is 0.0627. The van der Waals surface area contributed by atoms with Gasteiger partial charge in [0, 0.05) is 49.9 Å². The number of amides is 1. The van der Waals surface area contributed by atoms with Gasteiger partial charge in [-0.25, -0.2) is 9.67 Å². The second kappa shape index (κ2) is 9.56. The van der Waals surface area contributed by atoms with Crippen molar-refractivity contribution in [2.75, 3.05) is 33.3 Å². The molecule has 0 atom stereocenters. The SMILES string of the molecule is COc1ccc(-c2nc(CN3CCN(C(=O)c4cnn(-c5ccccc5)c4)CC3)cs2)cc1. The molecule has 1 amide bonds. The number of aromatic nitrogens is 3. The van der Waals surface area contributed by atoms with Crippen molar-refractivity contribution in [2.24, 2.45) is 0 Å². The molecule has 1 saturated heterocycles. The number of hydrogen-bond donors (Lipinski definition) is 0. The quantitative estimate of drug-likeness (QED) is 0.437. The minimum absolute atomic E-state index is 0.0345. The van der Waals surface area contributed by atoms with Crippen LogP contribution in [0.1, 0.15) is 16.1 Å². The van der Waals surface area contributed by atoms with Crippen LogP contribution in [0, 0.1) is 0 Å². The Kier molecular flexibility index (Phi) is 6.19. The number of para-hydroxylation sites is 1. The molecule has 0 bridgehead atoms. The summed E-state index contributed by atoms with van der Waals surface area (Å²) in [6, 6.07) is 17.8. The third-order valence-corrected chi connectivity index (χ3v) is 6.72. The van der Waals surface area contributed by atoms with Crippen molar-refractivity contribution in [1.29, 1.82) is 0 Å². The number of rotatable bonds is 6. The fraction of sp³-hybridized carbons (Fsp3) is 0.240. The Morgan fingerprint density at radius 2 is 1.79 bits per heavy atom. The number of carbonyl (C=O) groups is 1. The summed E-state index contributed by atoms with van der Waals surface area (Å²) in [5.41, 5.74) is 3.72. The van der Waals surface area contributed by atoms with E-state index in [1.807, 2.05) is 59.5 Å². The molecule has 1 aliphatic heterocycles. The van der Waals surface area contributed by atoms with Crippen molar-refractivity contribution in [3.05, 3.63) is 83.6 Å². The standard InChI is InChI=1S/C25H25N5O2S/c1-32-23-9-7-19(8-10-23)24-27-21(18-33-24)17-28-11-13-29(14-12-28)25(31)20-15-26-30(16-20)22-5-3-2-4-6-22/h2-10,15-16,18H,11-14,17H2,1H3. The average Bonchev–Trinajstić information content (AvgIpc) is 3.55. The zero-order chi connectivity index (χ0) is 22.6. The lowest BCUT2D eigenvalue weighted by Gasteiger charge is -2.34. The maximum atomic E-state index is 12.9. The number of benzene rings is 2. The molecule has 0 unspecified atom stereocenters. The first kappa shape index (κ1) is 21.4. The highest BCUT2D eigenvalue weighted by Gasteiger charge is 2.23. The predicted molar refractivity (Wildman–Crippen MR) is 129 cm³/mol. The lowest BCUT2D eigenvalue weighted by atomic mass is 10.2. The highest BCUT2D eigenvalue weighted by molar-refractivity contribution is 7.13. The normalized spacial score (nSPS) is 14.4. The van der Waals surface area contributed by atoms with Gasteiger partial charge in [0.1, 0.15) is 10.8 Å². The van der Waals surface area contributed by atoms with E-state index in [4.69, 9.17) is 9.72 Å². The number of carbonyl (C=O) groups excluding carboxylic acids is 1. The van der Waals surface area contributed by atoms with E-state index in [0.29, 0.717) is 18.7 Å². The molecule has 1 aliphatic rings. The summed E-state index contributed by atoms with van der Waals surface area (Å²) in [4.78, 5) is 22.0. The number of hydrogen-bond acceptors (Lipinski definition) is 6. The Labute approximate surface area is 196 Å². The van der Waals surface area contributed by atoms with E-state index >= 15 is 0 Å². The third-order valence-electron chi connectivity index (χ3n) is 5.78. The van der Waals surface area contributed by atoms with Crippen LogP contribution in [0.4, 0.5) is 0 Å².